The van der Waals surface area contributed by atoms with Crippen LogP contribution in [-0.2, 0) is 5.41 Å². The summed E-state index contributed by atoms with van der Waals surface area (Å²) >= 11 is 0. The maximum atomic E-state index is 2.51. The maximum Gasteiger partial charge on any atom is 0.0366 e. The lowest BCUT2D eigenvalue weighted by Gasteiger charge is -2.40. The van der Waals surface area contributed by atoms with E-state index in [-0.39, 0.29) is 0 Å². The second-order valence-corrected chi connectivity index (χ2v) is 5.90. The van der Waals surface area contributed by atoms with E-state index in [0.717, 1.165) is 13.1 Å². The number of hydrogen-bond acceptors (Lipinski definition) is 1. The number of rotatable bonds is 1. The van der Waals surface area contributed by atoms with E-state index in [9.17, 15) is 0 Å². The molecule has 0 N–H and O–H groups in total. The minimum Gasteiger partial charge on any atom is -0.371 e. The van der Waals surface area contributed by atoms with E-state index in [2.05, 4.69) is 71.6 Å². The van der Waals surface area contributed by atoms with Crippen molar-refractivity contribution in [3.05, 3.63) is 71.8 Å². The van der Waals surface area contributed by atoms with E-state index < -0.39 is 0 Å². The van der Waals surface area contributed by atoms with Crippen molar-refractivity contribution in [2.45, 2.75) is 18.3 Å². The molecule has 1 heteroatoms. The molecule has 2 aliphatic rings. The number of anilines is 1. The van der Waals surface area contributed by atoms with Crippen molar-refractivity contribution in [3.63, 3.8) is 0 Å². The molecule has 0 radical (unpaired) electrons. The monoisotopic (exact) mass is 261 g/mol. The number of nitrogens with zero attached hydrogens (tertiary/aromatic N) is 1. The van der Waals surface area contributed by atoms with E-state index in [1.165, 1.54) is 29.7 Å². The fourth-order valence-electron chi connectivity index (χ4n) is 3.67. The van der Waals surface area contributed by atoms with Crippen LogP contribution in [0.2, 0.25) is 0 Å². The minimum atomic E-state index is 0.294. The molecule has 0 bridgehead atoms. The summed E-state index contributed by atoms with van der Waals surface area (Å²) < 4.78 is 0. The Hall–Kier alpha value is -2.02. The van der Waals surface area contributed by atoms with Gasteiger partial charge < -0.3 is 4.90 Å². The number of piperidine rings is 1. The molecule has 1 saturated heterocycles. The summed E-state index contributed by atoms with van der Waals surface area (Å²) in [6, 6.07) is 19.7. The molecule has 1 nitrogen and oxygen atoms in total. The second-order valence-electron chi connectivity index (χ2n) is 5.90. The number of fused-ring (bicyclic) bond motifs is 2. The van der Waals surface area contributed by atoms with E-state index in [1.54, 1.807) is 0 Å². The Kier molecular flexibility index (Phi) is 2.66. The third-order valence-electron chi connectivity index (χ3n) is 4.86. The summed E-state index contributed by atoms with van der Waals surface area (Å²) in [4.78, 5) is 2.51. The van der Waals surface area contributed by atoms with Crippen molar-refractivity contribution < 1.29 is 0 Å². The van der Waals surface area contributed by atoms with Crippen molar-refractivity contribution in [2.75, 3.05) is 18.0 Å². The first-order chi connectivity index (χ1) is 9.87. The summed E-state index contributed by atoms with van der Waals surface area (Å²) in [5.74, 6) is 0. The molecule has 0 unspecified atom stereocenters. The molecule has 1 aliphatic heterocycles. The highest BCUT2D eigenvalue weighted by Crippen LogP contribution is 2.44. The highest BCUT2D eigenvalue weighted by molar-refractivity contribution is 5.65. The summed E-state index contributed by atoms with van der Waals surface area (Å²) in [5.41, 5.74) is 4.60. The van der Waals surface area contributed by atoms with Crippen LogP contribution in [0.15, 0.2) is 60.7 Å². The first-order valence-electron chi connectivity index (χ1n) is 7.46. The predicted molar refractivity (Wildman–Crippen MR) is 85.0 cm³/mol. The first kappa shape index (κ1) is 11.8. The number of hydrogen-bond donors (Lipinski definition) is 0. The first-order valence-corrected chi connectivity index (χ1v) is 7.46. The summed E-state index contributed by atoms with van der Waals surface area (Å²) in [5, 5.41) is 0. The highest BCUT2D eigenvalue weighted by Gasteiger charge is 2.37. The molecule has 20 heavy (non-hydrogen) atoms. The molecule has 100 valence electrons. The van der Waals surface area contributed by atoms with Gasteiger partial charge in [0.2, 0.25) is 0 Å². The third kappa shape index (κ3) is 1.77. The van der Waals surface area contributed by atoms with Crippen molar-refractivity contribution in [2.24, 2.45) is 0 Å². The molecule has 2 aromatic carbocycles. The summed E-state index contributed by atoms with van der Waals surface area (Å²) in [6.45, 7) is 2.28. The van der Waals surface area contributed by atoms with Gasteiger partial charge in [-0.25, -0.2) is 0 Å². The summed E-state index contributed by atoms with van der Waals surface area (Å²) in [6.07, 6.45) is 7.19. The topological polar surface area (TPSA) is 3.24 Å². The Labute approximate surface area is 120 Å². The molecular weight excluding hydrogens is 242 g/mol. The van der Waals surface area contributed by atoms with Gasteiger partial charge in [0.15, 0.2) is 0 Å². The SMILES string of the molecule is C1=CC2(CCN(c3ccccc3)CC2)c2ccccc21. The Balaban J connectivity index is 1.58. The van der Waals surface area contributed by atoms with Crippen molar-refractivity contribution >= 4 is 11.8 Å². The molecule has 1 fully saturated rings. The average molecular weight is 261 g/mol. The lowest BCUT2D eigenvalue weighted by atomic mass is 9.74. The van der Waals surface area contributed by atoms with E-state index in [4.69, 9.17) is 0 Å². The van der Waals surface area contributed by atoms with Crippen LogP contribution in [0.3, 0.4) is 0 Å². The number of allylic oxidation sites excluding steroid dienone is 1. The Morgan fingerprint density at radius 3 is 2.30 bits per heavy atom. The lowest BCUT2D eigenvalue weighted by Crippen LogP contribution is -2.41. The van der Waals surface area contributed by atoms with Crippen LogP contribution >= 0.6 is 0 Å². The Bertz CT molecular complexity index is 634. The van der Waals surface area contributed by atoms with Crippen molar-refractivity contribution in [1.29, 1.82) is 0 Å². The van der Waals surface area contributed by atoms with Crippen LogP contribution in [0, 0.1) is 0 Å². The van der Waals surface area contributed by atoms with Gasteiger partial charge in [0, 0.05) is 24.2 Å². The largest absolute Gasteiger partial charge is 0.371 e. The zero-order chi connectivity index (χ0) is 13.4. The van der Waals surface area contributed by atoms with Crippen LogP contribution < -0.4 is 4.90 Å². The fraction of sp³-hybridized carbons (Fsp3) is 0.263. The molecule has 1 aliphatic carbocycles. The van der Waals surface area contributed by atoms with Gasteiger partial charge in [-0.3, -0.25) is 0 Å². The van der Waals surface area contributed by atoms with Gasteiger partial charge in [0.05, 0.1) is 0 Å². The standard InChI is InChI=1S/C19H19N/c1-2-7-17(8-3-1)20-14-12-19(13-15-20)11-10-16-6-4-5-9-18(16)19/h1-11H,12-15H2. The third-order valence-corrected chi connectivity index (χ3v) is 4.86. The van der Waals surface area contributed by atoms with Crippen LogP contribution in [0.25, 0.3) is 6.08 Å². The lowest BCUT2D eigenvalue weighted by molar-refractivity contribution is 0.411. The summed E-state index contributed by atoms with van der Waals surface area (Å²) in [7, 11) is 0. The smallest absolute Gasteiger partial charge is 0.0366 e. The maximum absolute atomic E-state index is 2.51. The second kappa shape index (κ2) is 4.52. The molecule has 0 atom stereocenters. The Morgan fingerprint density at radius 1 is 0.800 bits per heavy atom. The molecule has 1 heterocycles. The van der Waals surface area contributed by atoms with Crippen molar-refractivity contribution in [3.8, 4) is 0 Å². The van der Waals surface area contributed by atoms with Crippen LogP contribution in [0.4, 0.5) is 5.69 Å². The Morgan fingerprint density at radius 2 is 1.50 bits per heavy atom. The van der Waals surface area contributed by atoms with E-state index >= 15 is 0 Å². The zero-order valence-electron chi connectivity index (χ0n) is 11.6. The highest BCUT2D eigenvalue weighted by atomic mass is 15.1. The molecular formula is C19H19N. The minimum absolute atomic E-state index is 0.294. The molecule has 4 rings (SSSR count). The fourth-order valence-corrected chi connectivity index (χ4v) is 3.67. The van der Waals surface area contributed by atoms with E-state index in [1.807, 2.05) is 0 Å². The molecule has 0 amide bonds. The predicted octanol–water partition coefficient (Wildman–Crippen LogP) is 4.25. The average Bonchev–Trinajstić information content (AvgIpc) is 2.88. The number of benzene rings is 2. The van der Waals surface area contributed by atoms with Gasteiger partial charge in [0.25, 0.3) is 0 Å². The zero-order valence-corrected chi connectivity index (χ0v) is 11.6. The van der Waals surface area contributed by atoms with Crippen LogP contribution in [-0.4, -0.2) is 13.1 Å². The molecule has 2 aromatic rings. The van der Waals surface area contributed by atoms with Gasteiger partial charge in [-0.2, -0.15) is 0 Å². The quantitative estimate of drug-likeness (QED) is 0.741. The molecule has 0 saturated carbocycles. The van der Waals surface area contributed by atoms with Crippen LogP contribution in [0.1, 0.15) is 24.0 Å². The van der Waals surface area contributed by atoms with Gasteiger partial charge in [0.1, 0.15) is 0 Å². The normalized spacial score (nSPS) is 19.3. The van der Waals surface area contributed by atoms with Gasteiger partial charge in [-0.15, -0.1) is 0 Å². The van der Waals surface area contributed by atoms with E-state index in [0.29, 0.717) is 5.41 Å². The van der Waals surface area contributed by atoms with Crippen molar-refractivity contribution in [1.82, 2.24) is 0 Å². The molecule has 1 spiro atoms. The number of para-hydroxylation sites is 1. The molecule has 0 aromatic heterocycles. The van der Waals surface area contributed by atoms with Gasteiger partial charge >= 0.3 is 0 Å². The van der Waals surface area contributed by atoms with Crippen LogP contribution in [0.5, 0.6) is 0 Å². The van der Waals surface area contributed by atoms with Gasteiger partial charge in [-0.1, -0.05) is 54.6 Å². The van der Waals surface area contributed by atoms with Gasteiger partial charge in [-0.05, 0) is 36.1 Å².